The predicted molar refractivity (Wildman–Crippen MR) is 90.2 cm³/mol. The number of benzene rings is 1. The lowest BCUT2D eigenvalue weighted by atomic mass is 10.1. The van der Waals surface area contributed by atoms with Gasteiger partial charge < -0.3 is 4.90 Å². The Morgan fingerprint density at radius 1 is 1.29 bits per heavy atom. The summed E-state index contributed by atoms with van der Waals surface area (Å²) in [6, 6.07) is 11.1. The third-order valence-corrected chi connectivity index (χ3v) is 4.75. The van der Waals surface area contributed by atoms with E-state index in [2.05, 4.69) is 53.0 Å². The monoisotopic (exact) mass is 303 g/mol. The van der Waals surface area contributed by atoms with Crippen LogP contribution in [0.4, 0.5) is 5.69 Å². The Kier molecular flexibility index (Phi) is 4.32. The first-order chi connectivity index (χ1) is 10.2. The Bertz CT molecular complexity index is 628. The Labute approximate surface area is 131 Å². The first-order valence-electron chi connectivity index (χ1n) is 7.62. The molecule has 0 spiro atoms. The molecule has 1 aromatic heterocycles. The van der Waals surface area contributed by atoms with Gasteiger partial charge in [0.25, 0.3) is 0 Å². The van der Waals surface area contributed by atoms with Crippen LogP contribution in [0.25, 0.3) is 10.9 Å². The van der Waals surface area contributed by atoms with Crippen molar-refractivity contribution in [3.63, 3.8) is 0 Å². The van der Waals surface area contributed by atoms with Gasteiger partial charge in [0.15, 0.2) is 0 Å². The average molecular weight is 304 g/mol. The molecule has 1 atom stereocenters. The van der Waals surface area contributed by atoms with Gasteiger partial charge in [-0.05, 0) is 25.6 Å². The van der Waals surface area contributed by atoms with E-state index in [9.17, 15) is 0 Å². The molecule has 1 fully saturated rings. The highest BCUT2D eigenvalue weighted by Crippen LogP contribution is 2.29. The molecule has 21 heavy (non-hydrogen) atoms. The van der Waals surface area contributed by atoms with Crippen LogP contribution in [0.2, 0.25) is 0 Å². The zero-order valence-corrected chi connectivity index (χ0v) is 13.5. The zero-order valence-electron chi connectivity index (χ0n) is 12.7. The van der Waals surface area contributed by atoms with Crippen LogP contribution in [0.15, 0.2) is 30.3 Å². The zero-order chi connectivity index (χ0) is 14.8. The highest BCUT2D eigenvalue weighted by molar-refractivity contribution is 6.17. The molecule has 3 rings (SSSR count). The summed E-state index contributed by atoms with van der Waals surface area (Å²) in [5, 5.41) is 1.23. The van der Waals surface area contributed by atoms with E-state index >= 15 is 0 Å². The largest absolute Gasteiger partial charge is 0.368 e. The van der Waals surface area contributed by atoms with Crippen LogP contribution in [0.3, 0.4) is 0 Å². The summed E-state index contributed by atoms with van der Waals surface area (Å²) in [6.45, 7) is 5.50. The molecule has 0 N–H and O–H groups in total. The van der Waals surface area contributed by atoms with Gasteiger partial charge in [0, 0.05) is 36.7 Å². The normalized spacial score (nSPS) is 20.1. The summed E-state index contributed by atoms with van der Waals surface area (Å²) in [4.78, 5) is 9.59. The molecule has 2 aromatic rings. The lowest BCUT2D eigenvalue weighted by Gasteiger charge is -2.40. The van der Waals surface area contributed by atoms with Crippen LogP contribution >= 0.6 is 11.6 Å². The van der Waals surface area contributed by atoms with Crippen LogP contribution in [0.1, 0.15) is 19.0 Å². The van der Waals surface area contributed by atoms with Gasteiger partial charge in [-0.1, -0.05) is 25.1 Å². The molecule has 1 aliphatic heterocycles. The van der Waals surface area contributed by atoms with Crippen LogP contribution in [-0.2, 0) is 5.88 Å². The lowest BCUT2D eigenvalue weighted by Crippen LogP contribution is -2.51. The second kappa shape index (κ2) is 6.20. The maximum Gasteiger partial charge on any atom is 0.0726 e. The van der Waals surface area contributed by atoms with Crippen molar-refractivity contribution >= 4 is 28.2 Å². The topological polar surface area (TPSA) is 19.4 Å². The van der Waals surface area contributed by atoms with Crippen molar-refractivity contribution in [2.75, 3.05) is 31.6 Å². The summed E-state index contributed by atoms with van der Waals surface area (Å²) in [5.74, 6) is 0.461. The third-order valence-electron chi connectivity index (χ3n) is 4.47. The van der Waals surface area contributed by atoms with Gasteiger partial charge in [-0.3, -0.25) is 9.88 Å². The van der Waals surface area contributed by atoms with Gasteiger partial charge in [-0.25, -0.2) is 0 Å². The summed E-state index contributed by atoms with van der Waals surface area (Å²) >= 11 is 6.03. The molecule has 0 aliphatic carbocycles. The van der Waals surface area contributed by atoms with Crippen molar-refractivity contribution in [2.24, 2.45) is 0 Å². The van der Waals surface area contributed by atoms with E-state index in [4.69, 9.17) is 11.6 Å². The number of aromatic nitrogens is 1. The predicted octanol–water partition coefficient (Wildman–Crippen LogP) is 3.50. The van der Waals surface area contributed by atoms with Gasteiger partial charge in [0.1, 0.15) is 0 Å². The maximum absolute atomic E-state index is 6.03. The fourth-order valence-corrected chi connectivity index (χ4v) is 3.28. The summed E-state index contributed by atoms with van der Waals surface area (Å²) in [5.41, 5.74) is 3.28. The van der Waals surface area contributed by atoms with Crippen LogP contribution in [0.5, 0.6) is 0 Å². The number of pyridine rings is 1. The first-order valence-corrected chi connectivity index (χ1v) is 8.16. The molecule has 1 aliphatic rings. The van der Waals surface area contributed by atoms with Gasteiger partial charge in [-0.15, -0.1) is 11.6 Å². The number of rotatable bonds is 3. The Balaban J connectivity index is 2.02. The standard InChI is InChI=1S/C17H22ClN3/c1-3-14-12-21(9-8-20(14)2)17-10-13(11-18)19-16-7-5-4-6-15(16)17/h4-7,10,14H,3,8-9,11-12H2,1-2H3. The highest BCUT2D eigenvalue weighted by atomic mass is 35.5. The van der Waals surface area contributed by atoms with E-state index in [1.807, 2.05) is 6.07 Å². The van der Waals surface area contributed by atoms with Gasteiger partial charge in [0.05, 0.1) is 17.1 Å². The number of alkyl halides is 1. The fourth-order valence-electron chi connectivity index (χ4n) is 3.15. The van der Waals surface area contributed by atoms with E-state index in [0.717, 1.165) is 30.8 Å². The van der Waals surface area contributed by atoms with E-state index in [0.29, 0.717) is 11.9 Å². The van der Waals surface area contributed by atoms with E-state index in [1.165, 1.54) is 17.5 Å². The molecule has 0 bridgehead atoms. The highest BCUT2D eigenvalue weighted by Gasteiger charge is 2.24. The number of piperazine rings is 1. The summed E-state index contributed by atoms with van der Waals surface area (Å²) in [6.07, 6.45) is 1.18. The quantitative estimate of drug-likeness (QED) is 0.809. The van der Waals surface area contributed by atoms with Crippen molar-refractivity contribution in [3.05, 3.63) is 36.0 Å². The minimum atomic E-state index is 0.461. The fraction of sp³-hybridized carbons (Fsp3) is 0.471. The van der Waals surface area contributed by atoms with E-state index in [1.54, 1.807) is 0 Å². The Hall–Kier alpha value is -1.32. The number of para-hydroxylation sites is 1. The minimum absolute atomic E-state index is 0.461. The molecule has 0 radical (unpaired) electrons. The first kappa shape index (κ1) is 14.6. The number of hydrogen-bond acceptors (Lipinski definition) is 3. The molecule has 1 aromatic carbocycles. The number of fused-ring (bicyclic) bond motifs is 1. The van der Waals surface area contributed by atoms with E-state index < -0.39 is 0 Å². The van der Waals surface area contributed by atoms with Gasteiger partial charge in [-0.2, -0.15) is 0 Å². The van der Waals surface area contributed by atoms with Gasteiger partial charge in [0.2, 0.25) is 0 Å². The Morgan fingerprint density at radius 3 is 2.86 bits per heavy atom. The van der Waals surface area contributed by atoms with Crippen molar-refractivity contribution < 1.29 is 0 Å². The molecular weight excluding hydrogens is 282 g/mol. The van der Waals surface area contributed by atoms with Crippen molar-refractivity contribution in [1.82, 2.24) is 9.88 Å². The number of anilines is 1. The smallest absolute Gasteiger partial charge is 0.0726 e. The molecule has 0 saturated carbocycles. The van der Waals surface area contributed by atoms with Crippen molar-refractivity contribution in [1.29, 1.82) is 0 Å². The average Bonchev–Trinajstić information content (AvgIpc) is 2.54. The number of hydrogen-bond donors (Lipinski definition) is 0. The molecule has 1 saturated heterocycles. The molecule has 3 nitrogen and oxygen atoms in total. The maximum atomic E-state index is 6.03. The summed E-state index contributed by atoms with van der Waals surface area (Å²) < 4.78 is 0. The molecule has 0 amide bonds. The minimum Gasteiger partial charge on any atom is -0.368 e. The molecule has 112 valence electrons. The second-order valence-corrected chi connectivity index (χ2v) is 6.04. The Morgan fingerprint density at radius 2 is 2.10 bits per heavy atom. The number of halogens is 1. The van der Waals surface area contributed by atoms with Crippen molar-refractivity contribution in [2.45, 2.75) is 25.3 Å². The molecule has 4 heteroatoms. The molecule has 1 unspecified atom stereocenters. The molecule has 2 heterocycles. The third kappa shape index (κ3) is 2.85. The SMILES string of the molecule is CCC1CN(c2cc(CCl)nc3ccccc23)CCN1C. The molecular formula is C17H22ClN3. The van der Waals surface area contributed by atoms with Crippen LogP contribution in [0, 0.1) is 0 Å². The lowest BCUT2D eigenvalue weighted by molar-refractivity contribution is 0.213. The van der Waals surface area contributed by atoms with Crippen LogP contribution < -0.4 is 4.90 Å². The summed E-state index contributed by atoms with van der Waals surface area (Å²) in [7, 11) is 2.22. The van der Waals surface area contributed by atoms with E-state index in [-0.39, 0.29) is 0 Å². The van der Waals surface area contributed by atoms with Crippen LogP contribution in [-0.4, -0.2) is 42.6 Å². The number of nitrogens with zero attached hydrogens (tertiary/aromatic N) is 3. The van der Waals surface area contributed by atoms with Crippen molar-refractivity contribution in [3.8, 4) is 0 Å². The number of likely N-dealkylation sites (N-methyl/N-ethyl adjacent to an activating group) is 1. The second-order valence-electron chi connectivity index (χ2n) is 5.77. The van der Waals surface area contributed by atoms with Gasteiger partial charge >= 0.3 is 0 Å².